The molecule has 1 aliphatic rings. The first-order valence-corrected chi connectivity index (χ1v) is 9.24. The largest absolute Gasteiger partial charge is 0.320 e. The molecule has 0 saturated heterocycles. The summed E-state index contributed by atoms with van der Waals surface area (Å²) in [6.45, 7) is 13.2. The average Bonchev–Trinajstić information content (AvgIpc) is 2.49. The molecule has 0 bridgehead atoms. The second kappa shape index (κ2) is 7.72. The first-order chi connectivity index (χ1) is 11.3. The van der Waals surface area contributed by atoms with Crippen molar-refractivity contribution in [3.05, 3.63) is 70.3 Å². The molecular weight excluding hydrogens is 323 g/mol. The minimum atomic E-state index is -0.778. The third-order valence-corrected chi connectivity index (χ3v) is 6.28. The molecule has 0 fully saturated rings. The van der Waals surface area contributed by atoms with E-state index < -0.39 is 11.6 Å². The van der Waals surface area contributed by atoms with Gasteiger partial charge >= 0.3 is 0 Å². The lowest BCUT2D eigenvalue weighted by Crippen LogP contribution is -2.27. The lowest BCUT2D eigenvalue weighted by molar-refractivity contribution is 0.354. The minimum Gasteiger partial charge on any atom is -0.320 e. The molecule has 0 aromatic heterocycles. The molecule has 1 aliphatic heterocycles. The van der Waals surface area contributed by atoms with Crippen LogP contribution < -0.4 is 5.32 Å². The van der Waals surface area contributed by atoms with E-state index in [1.807, 2.05) is 14.0 Å². The van der Waals surface area contributed by atoms with Crippen LogP contribution in [0.1, 0.15) is 32.3 Å². The molecule has 0 radical (unpaired) electrons. The van der Waals surface area contributed by atoms with E-state index >= 15 is 0 Å². The van der Waals surface area contributed by atoms with Crippen molar-refractivity contribution >= 4 is 8.58 Å². The fourth-order valence-electron chi connectivity index (χ4n) is 3.35. The van der Waals surface area contributed by atoms with Gasteiger partial charge in [0, 0.05) is 0 Å². The van der Waals surface area contributed by atoms with Crippen molar-refractivity contribution in [3.63, 3.8) is 0 Å². The number of halogens is 2. The van der Waals surface area contributed by atoms with Gasteiger partial charge in [-0.25, -0.2) is 8.78 Å². The molecule has 1 aromatic carbocycles. The SMILES string of the molecule is C=C(C)C1=C(C(C)(CCCNC)Cc2cccc(F)c2F)PC1=C. The molecule has 0 aliphatic carbocycles. The van der Waals surface area contributed by atoms with Crippen LogP contribution in [0.5, 0.6) is 0 Å². The highest BCUT2D eigenvalue weighted by molar-refractivity contribution is 7.51. The predicted octanol–water partition coefficient (Wildman–Crippen LogP) is 5.55. The zero-order valence-electron chi connectivity index (χ0n) is 14.7. The monoisotopic (exact) mass is 349 g/mol. The summed E-state index contributed by atoms with van der Waals surface area (Å²) < 4.78 is 27.8. The smallest absolute Gasteiger partial charge is 0.162 e. The maximum Gasteiger partial charge on any atom is 0.162 e. The summed E-state index contributed by atoms with van der Waals surface area (Å²) >= 11 is 0. The van der Waals surface area contributed by atoms with E-state index in [0.29, 0.717) is 20.6 Å². The van der Waals surface area contributed by atoms with Crippen molar-refractivity contribution in [1.82, 2.24) is 5.32 Å². The number of benzene rings is 1. The lowest BCUT2D eigenvalue weighted by atomic mass is 9.76. The van der Waals surface area contributed by atoms with Gasteiger partial charge < -0.3 is 5.32 Å². The number of allylic oxidation sites excluding steroid dienone is 4. The van der Waals surface area contributed by atoms with Crippen LogP contribution in [-0.4, -0.2) is 13.6 Å². The van der Waals surface area contributed by atoms with Crippen LogP contribution in [0, 0.1) is 17.0 Å². The Morgan fingerprint density at radius 2 is 2.04 bits per heavy atom. The fourth-order valence-corrected chi connectivity index (χ4v) is 4.93. The van der Waals surface area contributed by atoms with E-state index in [0.717, 1.165) is 35.8 Å². The van der Waals surface area contributed by atoms with Gasteiger partial charge in [-0.1, -0.05) is 46.4 Å². The van der Waals surface area contributed by atoms with Gasteiger partial charge in [0.2, 0.25) is 0 Å². The molecule has 1 nitrogen and oxygen atoms in total. The Hall–Kier alpha value is -1.31. The summed E-state index contributed by atoms with van der Waals surface area (Å²) in [5, 5.41) is 5.59. The Bertz CT molecular complexity index is 693. The van der Waals surface area contributed by atoms with Crippen molar-refractivity contribution in [3.8, 4) is 0 Å². The molecule has 2 rings (SSSR count). The first-order valence-electron chi connectivity index (χ1n) is 8.24. The van der Waals surface area contributed by atoms with E-state index in [-0.39, 0.29) is 5.41 Å². The van der Waals surface area contributed by atoms with Gasteiger partial charge in [0.15, 0.2) is 11.6 Å². The van der Waals surface area contributed by atoms with Crippen molar-refractivity contribution < 1.29 is 8.78 Å². The standard InChI is InChI=1S/C20H26F2NP/c1-13(2)17-14(3)24-19(17)20(4,10-7-11-23-5)12-15-8-6-9-16(21)18(15)22/h6,8-9,23-24H,1,3,7,10-12H2,2,4-5H3. The van der Waals surface area contributed by atoms with Crippen LogP contribution in [0.25, 0.3) is 0 Å². The second-order valence-electron chi connectivity index (χ2n) is 6.79. The van der Waals surface area contributed by atoms with Gasteiger partial charge in [0.1, 0.15) is 0 Å². The summed E-state index contributed by atoms with van der Waals surface area (Å²) in [5.74, 6) is -1.50. The summed E-state index contributed by atoms with van der Waals surface area (Å²) in [5.41, 5.74) is 2.39. The van der Waals surface area contributed by atoms with E-state index in [1.54, 1.807) is 12.1 Å². The average molecular weight is 349 g/mol. The van der Waals surface area contributed by atoms with Crippen molar-refractivity contribution in [2.45, 2.75) is 33.1 Å². The van der Waals surface area contributed by atoms with Crippen LogP contribution >= 0.6 is 8.58 Å². The molecule has 1 heterocycles. The molecule has 0 amide bonds. The predicted molar refractivity (Wildman–Crippen MR) is 101 cm³/mol. The summed E-state index contributed by atoms with van der Waals surface area (Å²) in [4.78, 5) is 0. The van der Waals surface area contributed by atoms with Crippen LogP contribution in [0.15, 0.2) is 53.1 Å². The zero-order valence-corrected chi connectivity index (χ0v) is 15.7. The quantitative estimate of drug-likeness (QED) is 0.479. The molecule has 24 heavy (non-hydrogen) atoms. The Morgan fingerprint density at radius 1 is 1.33 bits per heavy atom. The Balaban J connectivity index is 2.39. The van der Waals surface area contributed by atoms with Crippen molar-refractivity contribution in [2.75, 3.05) is 13.6 Å². The highest BCUT2D eigenvalue weighted by Crippen LogP contribution is 2.61. The van der Waals surface area contributed by atoms with Crippen LogP contribution in [-0.2, 0) is 6.42 Å². The van der Waals surface area contributed by atoms with E-state index in [4.69, 9.17) is 0 Å². The molecule has 1 aromatic rings. The first kappa shape index (κ1) is 19.0. The second-order valence-corrected chi connectivity index (χ2v) is 8.14. The summed E-state index contributed by atoms with van der Waals surface area (Å²) in [6, 6.07) is 4.44. The number of hydrogen-bond acceptors (Lipinski definition) is 1. The van der Waals surface area contributed by atoms with Crippen LogP contribution in [0.2, 0.25) is 0 Å². The third kappa shape index (κ3) is 3.84. The number of hydrogen-bond donors (Lipinski definition) is 1. The van der Waals surface area contributed by atoms with Crippen LogP contribution in [0.4, 0.5) is 8.78 Å². The molecule has 2 atom stereocenters. The van der Waals surface area contributed by atoms with E-state index in [1.165, 1.54) is 11.4 Å². The van der Waals surface area contributed by atoms with Crippen molar-refractivity contribution in [1.29, 1.82) is 0 Å². The normalized spacial score (nSPS) is 17.8. The van der Waals surface area contributed by atoms with Gasteiger partial charge in [-0.05, 0) is 73.0 Å². The van der Waals surface area contributed by atoms with E-state index in [9.17, 15) is 8.78 Å². The summed E-state index contributed by atoms with van der Waals surface area (Å²) in [6.07, 6.45) is 2.39. The zero-order chi connectivity index (χ0) is 17.9. The summed E-state index contributed by atoms with van der Waals surface area (Å²) in [7, 11) is 2.48. The lowest BCUT2D eigenvalue weighted by Gasteiger charge is -2.41. The maximum absolute atomic E-state index is 14.2. The number of nitrogens with one attached hydrogen (secondary N) is 1. The molecule has 4 heteroatoms. The highest BCUT2D eigenvalue weighted by atomic mass is 31.1. The van der Waals surface area contributed by atoms with Gasteiger partial charge in [0.25, 0.3) is 0 Å². The van der Waals surface area contributed by atoms with Gasteiger partial charge in [-0.3, -0.25) is 0 Å². The Morgan fingerprint density at radius 3 is 2.62 bits per heavy atom. The van der Waals surface area contributed by atoms with E-state index in [2.05, 4.69) is 25.4 Å². The molecule has 1 N–H and O–H groups in total. The fraction of sp³-hybridized carbons (Fsp3) is 0.400. The van der Waals surface area contributed by atoms with Gasteiger partial charge in [-0.2, -0.15) is 0 Å². The highest BCUT2D eigenvalue weighted by Gasteiger charge is 2.38. The van der Waals surface area contributed by atoms with Crippen molar-refractivity contribution in [2.24, 2.45) is 5.41 Å². The van der Waals surface area contributed by atoms with Gasteiger partial charge in [-0.15, -0.1) is 0 Å². The minimum absolute atomic E-state index is 0.209. The molecule has 0 saturated carbocycles. The van der Waals surface area contributed by atoms with Crippen LogP contribution in [0.3, 0.4) is 0 Å². The number of rotatable bonds is 8. The molecular formula is C20H26F2NP. The van der Waals surface area contributed by atoms with Gasteiger partial charge in [0.05, 0.1) is 0 Å². The molecule has 0 spiro atoms. The third-order valence-electron chi connectivity index (χ3n) is 4.63. The Kier molecular flexibility index (Phi) is 6.11. The molecule has 2 unspecified atom stereocenters. The Labute approximate surface area is 145 Å². The maximum atomic E-state index is 14.2. The molecule has 130 valence electrons. The topological polar surface area (TPSA) is 12.0 Å².